The molecule has 110 valence electrons. The van der Waals surface area contributed by atoms with Crippen LogP contribution in [0.4, 0.5) is 13.2 Å². The molecule has 1 heterocycles. The van der Waals surface area contributed by atoms with Crippen LogP contribution in [-0.4, -0.2) is 35.2 Å². The summed E-state index contributed by atoms with van der Waals surface area (Å²) in [5.74, 6) is 0. The lowest BCUT2D eigenvalue weighted by molar-refractivity contribution is -0.174. The smallest absolute Gasteiger partial charge is 0.370 e. The molecule has 0 aliphatic rings. The highest BCUT2D eigenvalue weighted by atomic mass is 79.9. The zero-order chi connectivity index (χ0) is 14.6. The van der Waals surface area contributed by atoms with Crippen LogP contribution in [0.2, 0.25) is 0 Å². The number of hydrogen-bond donors (Lipinski definition) is 1. The third kappa shape index (κ3) is 5.12. The second-order valence-electron chi connectivity index (χ2n) is 4.26. The Morgan fingerprint density at radius 2 is 2.11 bits per heavy atom. The van der Waals surface area contributed by atoms with Crippen LogP contribution in [0.15, 0.2) is 4.47 Å². The quantitative estimate of drug-likeness (QED) is 0.862. The van der Waals surface area contributed by atoms with E-state index in [1.807, 2.05) is 13.8 Å². The van der Waals surface area contributed by atoms with Crippen LogP contribution in [-0.2, 0) is 17.7 Å². The van der Waals surface area contributed by atoms with Crippen LogP contribution < -0.4 is 5.73 Å². The van der Waals surface area contributed by atoms with E-state index >= 15 is 0 Å². The van der Waals surface area contributed by atoms with E-state index in [-0.39, 0.29) is 6.61 Å². The van der Waals surface area contributed by atoms with Gasteiger partial charge in [0.25, 0.3) is 0 Å². The highest BCUT2D eigenvalue weighted by molar-refractivity contribution is 9.10. The van der Waals surface area contributed by atoms with E-state index in [1.165, 1.54) is 0 Å². The molecule has 0 saturated carbocycles. The van der Waals surface area contributed by atoms with Crippen LogP contribution >= 0.6 is 15.9 Å². The molecule has 8 heteroatoms. The standard InChI is InChI=1S/C11H17BrF3N3O/c1-3-18-9(10(12)7(2)17-18)4-8(16)5-19-6-11(13,14)15/h8H,3-6,16H2,1-2H3. The molecule has 1 rings (SSSR count). The predicted octanol–water partition coefficient (Wildman–Crippen LogP) is 2.42. The minimum atomic E-state index is -4.32. The van der Waals surface area contributed by atoms with E-state index in [0.29, 0.717) is 13.0 Å². The second kappa shape index (κ2) is 6.71. The zero-order valence-corrected chi connectivity index (χ0v) is 12.4. The summed E-state index contributed by atoms with van der Waals surface area (Å²) >= 11 is 3.41. The van der Waals surface area contributed by atoms with Crippen molar-refractivity contribution in [3.05, 3.63) is 15.9 Å². The fourth-order valence-electron chi connectivity index (χ4n) is 1.70. The first-order valence-corrected chi connectivity index (χ1v) is 6.65. The Bertz CT molecular complexity index is 420. The highest BCUT2D eigenvalue weighted by Gasteiger charge is 2.27. The maximum atomic E-state index is 11.9. The number of hydrogen-bond acceptors (Lipinski definition) is 3. The molecule has 0 spiro atoms. The lowest BCUT2D eigenvalue weighted by atomic mass is 10.1. The topological polar surface area (TPSA) is 53.1 Å². The maximum Gasteiger partial charge on any atom is 0.411 e. The average Bonchev–Trinajstić information content (AvgIpc) is 2.55. The van der Waals surface area contributed by atoms with Gasteiger partial charge in [-0.3, -0.25) is 4.68 Å². The summed E-state index contributed by atoms with van der Waals surface area (Å²) in [6, 6.07) is -0.500. The molecule has 0 aliphatic carbocycles. The maximum absolute atomic E-state index is 11.9. The van der Waals surface area contributed by atoms with Gasteiger partial charge < -0.3 is 10.5 Å². The Hall–Kier alpha value is -0.600. The van der Waals surface area contributed by atoms with Gasteiger partial charge in [-0.25, -0.2) is 0 Å². The van der Waals surface area contributed by atoms with Crippen LogP contribution in [0, 0.1) is 6.92 Å². The molecule has 0 saturated heterocycles. The van der Waals surface area contributed by atoms with Gasteiger partial charge >= 0.3 is 6.18 Å². The molecule has 4 nitrogen and oxygen atoms in total. The number of aromatic nitrogens is 2. The van der Waals surface area contributed by atoms with Gasteiger partial charge in [0, 0.05) is 19.0 Å². The SMILES string of the molecule is CCn1nc(C)c(Br)c1CC(N)COCC(F)(F)F. The molecule has 1 unspecified atom stereocenters. The number of nitrogens with two attached hydrogens (primary N) is 1. The van der Waals surface area contributed by atoms with Crippen LogP contribution in [0.5, 0.6) is 0 Å². The molecule has 1 aromatic heterocycles. The normalized spacial score (nSPS) is 13.8. The zero-order valence-electron chi connectivity index (χ0n) is 10.8. The molecule has 1 atom stereocenters. The number of nitrogens with zero attached hydrogens (tertiary/aromatic N) is 2. The molecule has 0 fully saturated rings. The van der Waals surface area contributed by atoms with Crippen molar-refractivity contribution in [3.8, 4) is 0 Å². The first kappa shape index (κ1) is 16.5. The minimum Gasteiger partial charge on any atom is -0.370 e. The highest BCUT2D eigenvalue weighted by Crippen LogP contribution is 2.22. The number of ether oxygens (including phenoxy) is 1. The first-order valence-electron chi connectivity index (χ1n) is 5.86. The second-order valence-corrected chi connectivity index (χ2v) is 5.05. The average molecular weight is 344 g/mol. The third-order valence-corrected chi connectivity index (χ3v) is 3.54. The number of aryl methyl sites for hydroxylation is 2. The number of rotatable bonds is 6. The molecule has 0 amide bonds. The Labute approximate surface area is 118 Å². The van der Waals surface area contributed by atoms with Gasteiger partial charge in [-0.15, -0.1) is 0 Å². The summed E-state index contributed by atoms with van der Waals surface area (Å²) in [5.41, 5.74) is 7.49. The minimum absolute atomic E-state index is 0.139. The Balaban J connectivity index is 2.55. The van der Waals surface area contributed by atoms with E-state index in [2.05, 4.69) is 25.8 Å². The molecular formula is C11H17BrF3N3O. The van der Waals surface area contributed by atoms with Crippen molar-refractivity contribution in [2.24, 2.45) is 5.73 Å². The van der Waals surface area contributed by atoms with Crippen molar-refractivity contribution in [2.75, 3.05) is 13.2 Å². The lowest BCUT2D eigenvalue weighted by Gasteiger charge is -2.14. The Morgan fingerprint density at radius 1 is 1.47 bits per heavy atom. The van der Waals surface area contributed by atoms with Gasteiger partial charge in [-0.1, -0.05) is 0 Å². The van der Waals surface area contributed by atoms with Gasteiger partial charge in [-0.2, -0.15) is 18.3 Å². The van der Waals surface area contributed by atoms with Gasteiger partial charge in [0.05, 0.1) is 22.5 Å². The van der Waals surface area contributed by atoms with Crippen molar-refractivity contribution < 1.29 is 17.9 Å². The summed E-state index contributed by atoms with van der Waals surface area (Å²) in [7, 11) is 0. The van der Waals surface area contributed by atoms with Gasteiger partial charge in [0.2, 0.25) is 0 Å². The van der Waals surface area contributed by atoms with Crippen molar-refractivity contribution in [2.45, 2.75) is 39.0 Å². The molecule has 19 heavy (non-hydrogen) atoms. The predicted molar refractivity (Wildman–Crippen MR) is 68.9 cm³/mol. The van der Waals surface area contributed by atoms with E-state index in [1.54, 1.807) is 4.68 Å². The molecule has 2 N–H and O–H groups in total. The van der Waals surface area contributed by atoms with Gasteiger partial charge in [0.1, 0.15) is 6.61 Å². The summed E-state index contributed by atoms with van der Waals surface area (Å²) < 4.78 is 43.0. The molecule has 0 radical (unpaired) electrons. The molecule has 0 aliphatic heterocycles. The van der Waals surface area contributed by atoms with Crippen LogP contribution in [0.25, 0.3) is 0 Å². The van der Waals surface area contributed by atoms with Crippen molar-refractivity contribution in [1.29, 1.82) is 0 Å². The van der Waals surface area contributed by atoms with E-state index in [0.717, 1.165) is 15.9 Å². The van der Waals surface area contributed by atoms with Crippen molar-refractivity contribution >= 4 is 15.9 Å². The van der Waals surface area contributed by atoms with Crippen LogP contribution in [0.3, 0.4) is 0 Å². The molecular weight excluding hydrogens is 327 g/mol. The number of alkyl halides is 3. The van der Waals surface area contributed by atoms with Crippen molar-refractivity contribution in [1.82, 2.24) is 9.78 Å². The monoisotopic (exact) mass is 343 g/mol. The summed E-state index contributed by atoms with van der Waals surface area (Å²) in [4.78, 5) is 0. The fraction of sp³-hybridized carbons (Fsp3) is 0.727. The Kier molecular flexibility index (Phi) is 5.82. The Morgan fingerprint density at radius 3 is 2.63 bits per heavy atom. The molecule has 0 bridgehead atoms. The summed E-state index contributed by atoms with van der Waals surface area (Å²) in [6.07, 6.45) is -3.91. The third-order valence-electron chi connectivity index (χ3n) is 2.51. The van der Waals surface area contributed by atoms with E-state index in [9.17, 15) is 13.2 Å². The lowest BCUT2D eigenvalue weighted by Crippen LogP contribution is -2.32. The fourth-order valence-corrected chi connectivity index (χ4v) is 2.14. The number of halogens is 4. The van der Waals surface area contributed by atoms with E-state index < -0.39 is 18.8 Å². The largest absolute Gasteiger partial charge is 0.411 e. The first-order chi connectivity index (χ1) is 8.74. The summed E-state index contributed by atoms with van der Waals surface area (Å²) in [6.45, 7) is 3.06. The van der Waals surface area contributed by atoms with Crippen molar-refractivity contribution in [3.63, 3.8) is 0 Å². The molecule has 1 aromatic rings. The molecule has 0 aromatic carbocycles. The van der Waals surface area contributed by atoms with Gasteiger partial charge in [0.15, 0.2) is 0 Å². The van der Waals surface area contributed by atoms with Gasteiger partial charge in [-0.05, 0) is 29.8 Å². The van der Waals surface area contributed by atoms with Crippen LogP contribution in [0.1, 0.15) is 18.3 Å². The van der Waals surface area contributed by atoms with E-state index in [4.69, 9.17) is 5.73 Å². The summed E-state index contributed by atoms with van der Waals surface area (Å²) in [5, 5.41) is 4.29.